The lowest BCUT2D eigenvalue weighted by Crippen LogP contribution is -2.22. The molecular formula is C13H11N3O3. The number of aromatic amines is 1. The van der Waals surface area contributed by atoms with Gasteiger partial charge in [0.25, 0.3) is 5.91 Å². The van der Waals surface area contributed by atoms with Crippen LogP contribution in [0, 0.1) is 0 Å². The Balaban J connectivity index is 1.67. The Morgan fingerprint density at radius 3 is 2.84 bits per heavy atom. The van der Waals surface area contributed by atoms with E-state index >= 15 is 0 Å². The van der Waals surface area contributed by atoms with Gasteiger partial charge in [0.05, 0.1) is 19.1 Å². The first-order valence-electron chi connectivity index (χ1n) is 5.73. The number of hydrogen-bond acceptors (Lipinski definition) is 4. The molecule has 3 rings (SSSR count). The third kappa shape index (κ3) is 2.42. The van der Waals surface area contributed by atoms with Crippen LogP contribution in [0.3, 0.4) is 0 Å². The van der Waals surface area contributed by atoms with Gasteiger partial charge in [0, 0.05) is 6.07 Å². The number of nitrogens with zero attached hydrogens (tertiary/aromatic N) is 1. The summed E-state index contributed by atoms with van der Waals surface area (Å²) < 4.78 is 10.3. The maximum Gasteiger partial charge on any atom is 0.272 e. The topological polar surface area (TPSA) is 84.1 Å². The van der Waals surface area contributed by atoms with Gasteiger partial charge in [0.2, 0.25) is 0 Å². The second-order valence-corrected chi connectivity index (χ2v) is 3.91. The van der Waals surface area contributed by atoms with Gasteiger partial charge in [0.15, 0.2) is 11.5 Å². The summed E-state index contributed by atoms with van der Waals surface area (Å²) in [5.41, 5.74) is 0.964. The van der Waals surface area contributed by atoms with E-state index in [2.05, 4.69) is 15.5 Å². The smallest absolute Gasteiger partial charge is 0.272 e. The maximum atomic E-state index is 11.9. The third-order valence-corrected chi connectivity index (χ3v) is 2.60. The highest BCUT2D eigenvalue weighted by molar-refractivity contribution is 5.93. The number of carbonyl (C=O) groups excluding carboxylic acids is 1. The number of hydrogen-bond donors (Lipinski definition) is 2. The predicted octanol–water partition coefficient (Wildman–Crippen LogP) is 2.19. The van der Waals surface area contributed by atoms with Gasteiger partial charge in [-0.2, -0.15) is 5.10 Å². The van der Waals surface area contributed by atoms with Gasteiger partial charge in [-0.25, -0.2) is 0 Å². The zero-order valence-electron chi connectivity index (χ0n) is 9.92. The standard InChI is InChI=1S/C13H11N3O3/c17-13(14-8-9-3-1-5-18-9)11-7-10(15-16-11)12-4-2-6-19-12/h1-7H,8H2,(H,14,17)(H,15,16). The first-order chi connectivity index (χ1) is 9.33. The van der Waals surface area contributed by atoms with E-state index in [0.29, 0.717) is 29.5 Å². The normalized spacial score (nSPS) is 10.5. The average Bonchev–Trinajstić information content (AvgIpc) is 3.14. The molecule has 0 aromatic carbocycles. The highest BCUT2D eigenvalue weighted by Crippen LogP contribution is 2.17. The number of nitrogens with one attached hydrogen (secondary N) is 2. The minimum atomic E-state index is -0.273. The molecule has 0 unspecified atom stereocenters. The quantitative estimate of drug-likeness (QED) is 0.750. The van der Waals surface area contributed by atoms with Crippen molar-refractivity contribution in [3.63, 3.8) is 0 Å². The lowest BCUT2D eigenvalue weighted by molar-refractivity contribution is 0.0943. The summed E-state index contributed by atoms with van der Waals surface area (Å²) in [6.07, 6.45) is 3.12. The van der Waals surface area contributed by atoms with Gasteiger partial charge in [-0.15, -0.1) is 0 Å². The highest BCUT2D eigenvalue weighted by atomic mass is 16.3. The molecule has 19 heavy (non-hydrogen) atoms. The van der Waals surface area contributed by atoms with E-state index < -0.39 is 0 Å². The molecule has 0 spiro atoms. The molecule has 0 aliphatic rings. The van der Waals surface area contributed by atoms with Crippen LogP contribution in [0.2, 0.25) is 0 Å². The Morgan fingerprint density at radius 1 is 1.26 bits per heavy atom. The summed E-state index contributed by atoms with van der Waals surface area (Å²) in [5.74, 6) is 1.05. The minimum absolute atomic E-state index is 0.273. The summed E-state index contributed by atoms with van der Waals surface area (Å²) in [4.78, 5) is 11.9. The maximum absolute atomic E-state index is 11.9. The van der Waals surface area contributed by atoms with E-state index in [9.17, 15) is 4.79 Å². The average molecular weight is 257 g/mol. The Morgan fingerprint density at radius 2 is 2.11 bits per heavy atom. The second kappa shape index (κ2) is 4.85. The Hall–Kier alpha value is -2.76. The van der Waals surface area contributed by atoms with Crippen molar-refractivity contribution in [1.82, 2.24) is 15.5 Å². The van der Waals surface area contributed by atoms with Crippen LogP contribution < -0.4 is 5.32 Å². The van der Waals surface area contributed by atoms with Crippen molar-refractivity contribution in [3.8, 4) is 11.5 Å². The van der Waals surface area contributed by atoms with Crippen molar-refractivity contribution < 1.29 is 13.6 Å². The van der Waals surface area contributed by atoms with Crippen molar-refractivity contribution >= 4 is 5.91 Å². The number of rotatable bonds is 4. The summed E-state index contributed by atoms with van der Waals surface area (Å²) in [6, 6.07) is 8.76. The van der Waals surface area contributed by atoms with Gasteiger partial charge in [0.1, 0.15) is 11.5 Å². The van der Waals surface area contributed by atoms with Crippen LogP contribution >= 0.6 is 0 Å². The molecule has 0 fully saturated rings. The molecule has 0 saturated carbocycles. The summed E-state index contributed by atoms with van der Waals surface area (Å²) in [6.45, 7) is 0.328. The zero-order valence-corrected chi connectivity index (χ0v) is 9.92. The molecule has 0 aliphatic carbocycles. The van der Waals surface area contributed by atoms with Crippen molar-refractivity contribution in [1.29, 1.82) is 0 Å². The molecule has 6 heteroatoms. The molecule has 0 atom stereocenters. The lowest BCUT2D eigenvalue weighted by Gasteiger charge is -1.99. The molecule has 6 nitrogen and oxygen atoms in total. The largest absolute Gasteiger partial charge is 0.467 e. The van der Waals surface area contributed by atoms with Gasteiger partial charge in [-0.1, -0.05) is 0 Å². The van der Waals surface area contributed by atoms with E-state index in [1.165, 1.54) is 0 Å². The van der Waals surface area contributed by atoms with Crippen molar-refractivity contribution in [2.45, 2.75) is 6.54 Å². The third-order valence-electron chi connectivity index (χ3n) is 2.60. The van der Waals surface area contributed by atoms with E-state index in [-0.39, 0.29) is 5.91 Å². The lowest BCUT2D eigenvalue weighted by atomic mass is 10.3. The van der Waals surface area contributed by atoms with E-state index in [0.717, 1.165) is 0 Å². The summed E-state index contributed by atoms with van der Waals surface area (Å²) in [7, 11) is 0. The molecule has 0 saturated heterocycles. The van der Waals surface area contributed by atoms with Crippen molar-refractivity contribution in [2.75, 3.05) is 0 Å². The predicted molar refractivity (Wildman–Crippen MR) is 66.2 cm³/mol. The molecule has 96 valence electrons. The molecule has 2 N–H and O–H groups in total. The Labute approximate surface area is 108 Å². The van der Waals surface area contributed by atoms with Gasteiger partial charge >= 0.3 is 0 Å². The first kappa shape index (κ1) is 11.3. The Kier molecular flexibility index (Phi) is 2.89. The monoisotopic (exact) mass is 257 g/mol. The Bertz CT molecular complexity index is 653. The first-order valence-corrected chi connectivity index (χ1v) is 5.73. The molecule has 3 heterocycles. The van der Waals surface area contributed by atoms with Gasteiger partial charge in [-0.05, 0) is 24.3 Å². The number of carbonyl (C=O) groups is 1. The number of amides is 1. The van der Waals surface area contributed by atoms with Crippen LogP contribution in [0.4, 0.5) is 0 Å². The molecule has 3 aromatic rings. The molecule has 3 aromatic heterocycles. The minimum Gasteiger partial charge on any atom is -0.467 e. The molecule has 0 aliphatic heterocycles. The summed E-state index contributed by atoms with van der Waals surface area (Å²) in [5, 5.41) is 9.41. The number of H-pyrrole nitrogens is 1. The fraction of sp³-hybridized carbons (Fsp3) is 0.0769. The highest BCUT2D eigenvalue weighted by Gasteiger charge is 2.12. The molecule has 0 radical (unpaired) electrons. The number of aromatic nitrogens is 2. The van der Waals surface area contributed by atoms with Crippen LogP contribution in [0.1, 0.15) is 16.2 Å². The fourth-order valence-corrected chi connectivity index (χ4v) is 1.67. The van der Waals surface area contributed by atoms with Crippen LogP contribution in [-0.4, -0.2) is 16.1 Å². The fourth-order valence-electron chi connectivity index (χ4n) is 1.67. The molecular weight excluding hydrogens is 246 g/mol. The second-order valence-electron chi connectivity index (χ2n) is 3.91. The van der Waals surface area contributed by atoms with Crippen LogP contribution in [0.5, 0.6) is 0 Å². The molecule has 1 amide bonds. The van der Waals surface area contributed by atoms with Crippen LogP contribution in [-0.2, 0) is 6.54 Å². The van der Waals surface area contributed by atoms with Crippen LogP contribution in [0.25, 0.3) is 11.5 Å². The zero-order chi connectivity index (χ0) is 13.1. The van der Waals surface area contributed by atoms with E-state index in [1.807, 2.05) is 0 Å². The number of furan rings is 2. The van der Waals surface area contributed by atoms with Crippen molar-refractivity contribution in [2.24, 2.45) is 0 Å². The van der Waals surface area contributed by atoms with E-state index in [4.69, 9.17) is 8.83 Å². The SMILES string of the molecule is O=C(NCc1ccco1)c1cc(-c2ccco2)[nH]n1. The van der Waals surface area contributed by atoms with Crippen molar-refractivity contribution in [3.05, 3.63) is 54.3 Å². The van der Waals surface area contributed by atoms with Crippen LogP contribution in [0.15, 0.2) is 51.7 Å². The van der Waals surface area contributed by atoms with Gasteiger partial charge in [-0.3, -0.25) is 9.89 Å². The summed E-state index contributed by atoms with van der Waals surface area (Å²) >= 11 is 0. The van der Waals surface area contributed by atoms with Gasteiger partial charge < -0.3 is 14.2 Å². The van der Waals surface area contributed by atoms with E-state index in [1.54, 1.807) is 42.9 Å². The molecule has 0 bridgehead atoms.